The molecule has 3 rings (SSSR count). The Hall–Kier alpha value is -2.15. The summed E-state index contributed by atoms with van der Waals surface area (Å²) in [5, 5.41) is 14.7. The van der Waals surface area contributed by atoms with Gasteiger partial charge in [0.05, 0.1) is 18.1 Å². The van der Waals surface area contributed by atoms with E-state index in [-0.39, 0.29) is 24.3 Å². The summed E-state index contributed by atoms with van der Waals surface area (Å²) in [7, 11) is 0. The number of aliphatic carboxylic acids is 1. The highest BCUT2D eigenvalue weighted by molar-refractivity contribution is 7.16. The quantitative estimate of drug-likeness (QED) is 0.635. The molecule has 7 heteroatoms. The third-order valence-corrected chi connectivity index (χ3v) is 6.26. The van der Waals surface area contributed by atoms with Gasteiger partial charge >= 0.3 is 5.97 Å². The fourth-order valence-corrected chi connectivity index (χ4v) is 4.91. The first kappa shape index (κ1) is 17.7. The van der Waals surface area contributed by atoms with Crippen molar-refractivity contribution < 1.29 is 24.2 Å². The van der Waals surface area contributed by atoms with Crippen molar-refractivity contribution >= 4 is 34.2 Å². The van der Waals surface area contributed by atoms with E-state index >= 15 is 0 Å². The number of carbonyl (C=O) groups excluding carboxylic acids is 3. The number of hydrogen-bond acceptors (Lipinski definition) is 6. The van der Waals surface area contributed by atoms with Crippen LogP contribution in [0.1, 0.15) is 34.1 Å². The molecule has 1 aromatic heterocycles. The molecule has 0 spiro atoms. The minimum absolute atomic E-state index is 0.0962. The largest absolute Gasteiger partial charge is 0.550 e. The summed E-state index contributed by atoms with van der Waals surface area (Å²) in [6.45, 7) is 5.63. The summed E-state index contributed by atoms with van der Waals surface area (Å²) in [6, 6.07) is 0. The molecule has 0 aromatic carbocycles. The number of anilines is 1. The topological polar surface area (TPSA) is 95.5 Å². The molecule has 1 saturated carbocycles. The van der Waals surface area contributed by atoms with Gasteiger partial charge in [0.25, 0.3) is 0 Å². The zero-order chi connectivity index (χ0) is 18.3. The third kappa shape index (κ3) is 2.97. The summed E-state index contributed by atoms with van der Waals surface area (Å²) in [4.78, 5) is 37.4. The van der Waals surface area contributed by atoms with Gasteiger partial charge in [0.15, 0.2) is 0 Å². The van der Waals surface area contributed by atoms with Gasteiger partial charge in [-0.2, -0.15) is 0 Å². The molecule has 0 radical (unpaired) electrons. The third-order valence-electron chi connectivity index (χ3n) is 5.14. The van der Waals surface area contributed by atoms with Crippen LogP contribution in [0.5, 0.6) is 0 Å². The Bertz CT molecular complexity index is 766. The second-order valence-corrected chi connectivity index (χ2v) is 7.74. The minimum Gasteiger partial charge on any atom is -0.550 e. The lowest BCUT2D eigenvalue weighted by Crippen LogP contribution is -2.42. The Morgan fingerprint density at radius 1 is 1.24 bits per heavy atom. The molecule has 1 N–H and O–H groups in total. The first-order valence-electron chi connectivity index (χ1n) is 8.32. The van der Waals surface area contributed by atoms with Crippen LogP contribution in [0.3, 0.4) is 0 Å². The van der Waals surface area contributed by atoms with Crippen LogP contribution < -0.4 is 10.4 Å². The second kappa shape index (κ2) is 6.63. The summed E-state index contributed by atoms with van der Waals surface area (Å²) < 4.78 is 5.08. The minimum atomic E-state index is -1.19. The van der Waals surface area contributed by atoms with Gasteiger partial charge in [-0.25, -0.2) is 4.79 Å². The zero-order valence-electron chi connectivity index (χ0n) is 14.3. The van der Waals surface area contributed by atoms with Crippen molar-refractivity contribution in [2.24, 2.45) is 23.7 Å². The van der Waals surface area contributed by atoms with E-state index in [0.29, 0.717) is 17.0 Å². The molecule has 0 aliphatic heterocycles. The number of ether oxygens (including phenoxy) is 1. The van der Waals surface area contributed by atoms with Crippen LogP contribution in [0, 0.1) is 37.5 Å². The van der Waals surface area contributed by atoms with E-state index in [1.165, 1.54) is 11.3 Å². The number of allylic oxidation sites excluding steroid dienone is 2. The Labute approximate surface area is 149 Å². The average molecular weight is 362 g/mol. The summed E-state index contributed by atoms with van der Waals surface area (Å²) in [5.74, 6) is -3.79. The van der Waals surface area contributed by atoms with Gasteiger partial charge < -0.3 is 20.0 Å². The van der Waals surface area contributed by atoms with Crippen molar-refractivity contribution in [3.63, 3.8) is 0 Å². The molecule has 25 heavy (non-hydrogen) atoms. The average Bonchev–Trinajstić information content (AvgIpc) is 3.21. The molecule has 1 fully saturated rings. The lowest BCUT2D eigenvalue weighted by molar-refractivity contribution is -0.313. The number of esters is 1. The van der Waals surface area contributed by atoms with Crippen molar-refractivity contribution in [2.45, 2.75) is 27.2 Å². The number of thiophene rings is 1. The van der Waals surface area contributed by atoms with E-state index in [9.17, 15) is 19.5 Å². The molecular formula is C18H20NO5S-. The van der Waals surface area contributed by atoms with E-state index < -0.39 is 23.8 Å². The van der Waals surface area contributed by atoms with Gasteiger partial charge in [0.1, 0.15) is 5.00 Å². The number of aryl methyl sites for hydroxylation is 1. The van der Waals surface area contributed by atoms with Crippen LogP contribution in [0.4, 0.5) is 5.00 Å². The standard InChI is InChI=1S/C18H21NO5S/c1-4-24-18(23)12-8(2)9(3)25-16(12)19-15(20)13-10-5-6-11(7-10)14(13)17(21)22/h5-6,10-11,13-14H,4,7H2,1-3H3,(H,19,20)(H,21,22)/p-1/t10-,11+,13-,14+/m1/s1. The number of nitrogens with one attached hydrogen (secondary N) is 1. The van der Waals surface area contributed by atoms with Gasteiger partial charge in [-0.15, -0.1) is 11.3 Å². The summed E-state index contributed by atoms with van der Waals surface area (Å²) in [6.07, 6.45) is 4.42. The molecule has 134 valence electrons. The van der Waals surface area contributed by atoms with E-state index in [1.807, 2.05) is 19.1 Å². The fourth-order valence-electron chi connectivity index (χ4n) is 3.86. The van der Waals surface area contributed by atoms with E-state index in [4.69, 9.17) is 4.74 Å². The van der Waals surface area contributed by atoms with Crippen molar-refractivity contribution in [1.29, 1.82) is 0 Å². The van der Waals surface area contributed by atoms with Crippen LogP contribution >= 0.6 is 11.3 Å². The molecule has 2 aliphatic carbocycles. The number of carboxylic acid groups (broad SMARTS) is 1. The monoisotopic (exact) mass is 362 g/mol. The van der Waals surface area contributed by atoms with Crippen molar-refractivity contribution in [3.05, 3.63) is 28.2 Å². The fraction of sp³-hybridized carbons (Fsp3) is 0.500. The number of hydrogen-bond donors (Lipinski definition) is 1. The Kier molecular flexibility index (Phi) is 4.69. The predicted octanol–water partition coefficient (Wildman–Crippen LogP) is 1.67. The number of amides is 1. The molecule has 0 saturated heterocycles. The number of carbonyl (C=O) groups is 3. The van der Waals surface area contributed by atoms with Crippen molar-refractivity contribution in [3.8, 4) is 0 Å². The van der Waals surface area contributed by atoms with Crippen LogP contribution in [-0.2, 0) is 14.3 Å². The van der Waals surface area contributed by atoms with Crippen LogP contribution in [-0.4, -0.2) is 24.5 Å². The molecular weight excluding hydrogens is 342 g/mol. The normalized spacial score (nSPS) is 26.7. The summed E-state index contributed by atoms with van der Waals surface area (Å²) in [5.41, 5.74) is 1.12. The molecule has 4 atom stereocenters. The second-order valence-electron chi connectivity index (χ2n) is 6.52. The lowest BCUT2D eigenvalue weighted by atomic mass is 9.82. The van der Waals surface area contributed by atoms with Crippen molar-refractivity contribution in [1.82, 2.24) is 0 Å². The van der Waals surface area contributed by atoms with E-state index in [2.05, 4.69) is 5.32 Å². The molecule has 6 nitrogen and oxygen atoms in total. The number of rotatable bonds is 5. The van der Waals surface area contributed by atoms with Gasteiger partial charge in [0, 0.05) is 16.8 Å². The smallest absolute Gasteiger partial charge is 0.341 e. The number of fused-ring (bicyclic) bond motifs is 2. The first-order chi connectivity index (χ1) is 11.8. The van der Waals surface area contributed by atoms with Gasteiger partial charge in [0.2, 0.25) is 5.91 Å². The maximum atomic E-state index is 12.8. The molecule has 1 amide bonds. The van der Waals surface area contributed by atoms with Crippen molar-refractivity contribution in [2.75, 3.05) is 11.9 Å². The van der Waals surface area contributed by atoms with E-state index in [0.717, 1.165) is 10.4 Å². The maximum Gasteiger partial charge on any atom is 0.341 e. The summed E-state index contributed by atoms with van der Waals surface area (Å²) >= 11 is 1.30. The molecule has 0 unspecified atom stereocenters. The lowest BCUT2D eigenvalue weighted by Gasteiger charge is -2.27. The van der Waals surface area contributed by atoms with Gasteiger partial charge in [-0.05, 0) is 44.6 Å². The Morgan fingerprint density at radius 2 is 1.88 bits per heavy atom. The van der Waals surface area contributed by atoms with Crippen LogP contribution in [0.2, 0.25) is 0 Å². The van der Waals surface area contributed by atoms with Gasteiger partial charge in [-0.3, -0.25) is 4.79 Å². The van der Waals surface area contributed by atoms with Crippen LogP contribution in [0.15, 0.2) is 12.2 Å². The maximum absolute atomic E-state index is 12.8. The highest BCUT2D eigenvalue weighted by atomic mass is 32.1. The number of carboxylic acids is 1. The molecule has 2 aliphatic rings. The van der Waals surface area contributed by atoms with Gasteiger partial charge in [-0.1, -0.05) is 12.2 Å². The predicted molar refractivity (Wildman–Crippen MR) is 91.1 cm³/mol. The Balaban J connectivity index is 1.87. The molecule has 1 aromatic rings. The SMILES string of the molecule is CCOC(=O)c1c(NC(=O)[C@H]2[C@@H](C(=O)[O-])[C@H]3C=C[C@@H]2C3)sc(C)c1C. The zero-order valence-corrected chi connectivity index (χ0v) is 15.1. The highest BCUT2D eigenvalue weighted by Gasteiger charge is 2.49. The van der Waals surface area contributed by atoms with Crippen LogP contribution in [0.25, 0.3) is 0 Å². The van der Waals surface area contributed by atoms with E-state index in [1.54, 1.807) is 13.8 Å². The Morgan fingerprint density at radius 3 is 2.48 bits per heavy atom. The molecule has 2 bridgehead atoms. The first-order valence-corrected chi connectivity index (χ1v) is 9.13. The molecule has 1 heterocycles. The highest BCUT2D eigenvalue weighted by Crippen LogP contribution is 2.48.